The number of benzene rings is 2. The summed E-state index contributed by atoms with van der Waals surface area (Å²) in [5.74, 6) is 1.40. The van der Waals surface area contributed by atoms with Crippen molar-refractivity contribution in [2.45, 2.75) is 127 Å². The van der Waals surface area contributed by atoms with E-state index in [2.05, 4.69) is 47.0 Å². The number of aliphatic hydroxyl groups is 1. The summed E-state index contributed by atoms with van der Waals surface area (Å²) < 4.78 is 136. The van der Waals surface area contributed by atoms with Gasteiger partial charge in [0.15, 0.2) is 0 Å². The summed E-state index contributed by atoms with van der Waals surface area (Å²) in [6.07, 6.45) is -8.44. The number of halogens is 8. The molecule has 4 amide bonds. The third-order valence-corrected chi connectivity index (χ3v) is 15.5. The molecule has 4 fully saturated rings. The van der Waals surface area contributed by atoms with E-state index >= 15 is 8.78 Å². The quantitative estimate of drug-likeness (QED) is 0.0384. The molecule has 26 heteroatoms. The Morgan fingerprint density at radius 3 is 1.80 bits per heavy atom. The van der Waals surface area contributed by atoms with Crippen LogP contribution < -0.4 is 26.3 Å². The zero-order valence-corrected chi connectivity index (χ0v) is 45.3. The third-order valence-electron chi connectivity index (χ3n) is 15.5. The van der Waals surface area contributed by atoms with Crippen LogP contribution in [-0.4, -0.2) is 156 Å². The second kappa shape index (κ2) is 24.2. The third kappa shape index (κ3) is 13.8. The summed E-state index contributed by atoms with van der Waals surface area (Å²) in [7, 11) is 1.67. The van der Waals surface area contributed by atoms with Gasteiger partial charge in [0, 0.05) is 72.9 Å². The number of pyridine rings is 1. The van der Waals surface area contributed by atoms with E-state index in [9.17, 15) is 50.6 Å². The molecule has 0 spiro atoms. The van der Waals surface area contributed by atoms with Crippen LogP contribution in [0.1, 0.15) is 81.7 Å². The van der Waals surface area contributed by atoms with E-state index in [1.54, 1.807) is 29.2 Å². The summed E-state index contributed by atoms with van der Waals surface area (Å²) in [6, 6.07) is 8.24. The Bertz CT molecular complexity index is 2940. The van der Waals surface area contributed by atoms with Crippen molar-refractivity contribution in [2.75, 3.05) is 52.0 Å². The molecule has 6 atom stereocenters. The van der Waals surface area contributed by atoms with E-state index in [0.717, 1.165) is 84.2 Å². The van der Waals surface area contributed by atoms with Gasteiger partial charge in [0.05, 0.1) is 68.2 Å². The van der Waals surface area contributed by atoms with Gasteiger partial charge in [-0.3, -0.25) is 24.6 Å². The molecular weight excluding hydrogens is 1080 g/mol. The van der Waals surface area contributed by atoms with Crippen molar-refractivity contribution in [1.82, 2.24) is 46.0 Å². The lowest BCUT2D eigenvalue weighted by molar-refractivity contribution is -0.221. The van der Waals surface area contributed by atoms with Gasteiger partial charge in [0.25, 0.3) is 5.91 Å². The first kappa shape index (κ1) is 60.0. The average molecular weight is 1150 g/mol. The van der Waals surface area contributed by atoms with Crippen molar-refractivity contribution in [3.63, 3.8) is 0 Å². The van der Waals surface area contributed by atoms with E-state index in [0.29, 0.717) is 67.5 Å². The molecule has 0 radical (unpaired) electrons. The lowest BCUT2D eigenvalue weighted by atomic mass is 9.82. The van der Waals surface area contributed by atoms with Gasteiger partial charge in [0.1, 0.15) is 29.5 Å². The highest BCUT2D eigenvalue weighted by Crippen LogP contribution is 2.42. The van der Waals surface area contributed by atoms with Crippen LogP contribution in [0.4, 0.5) is 50.5 Å². The van der Waals surface area contributed by atoms with Crippen LogP contribution in [0.3, 0.4) is 0 Å². The maximum Gasteiger partial charge on any atom is 0.407 e. The van der Waals surface area contributed by atoms with Crippen molar-refractivity contribution in [3.05, 3.63) is 101 Å². The number of methoxy groups -OCH3 is 2. The monoisotopic (exact) mass is 1140 g/mol. The molecule has 2 aromatic carbocycles. The number of aliphatic hydroxyl groups excluding tert-OH is 1. The smallest absolute Gasteiger partial charge is 0.407 e. The van der Waals surface area contributed by atoms with Gasteiger partial charge in [-0.15, -0.1) is 0 Å². The zero-order valence-electron chi connectivity index (χ0n) is 45.3. The van der Waals surface area contributed by atoms with Gasteiger partial charge in [-0.1, -0.05) is 24.0 Å². The second-order valence-corrected chi connectivity index (χ2v) is 21.9. The Hall–Kier alpha value is -7.08. The van der Waals surface area contributed by atoms with Gasteiger partial charge in [-0.2, -0.15) is 31.4 Å². The van der Waals surface area contributed by atoms with Crippen molar-refractivity contribution in [1.29, 1.82) is 0 Å². The number of fused-ring (bicyclic) bond motifs is 2. The number of ether oxygens (including phenoxy) is 3. The molecular formula is C55H64F8N10O8. The summed E-state index contributed by atoms with van der Waals surface area (Å²) in [5.41, 5.74) is -3.07. The van der Waals surface area contributed by atoms with Gasteiger partial charge >= 0.3 is 24.5 Å². The van der Waals surface area contributed by atoms with Crippen LogP contribution in [0.2, 0.25) is 0 Å². The number of piperazine rings is 1. The summed E-state index contributed by atoms with van der Waals surface area (Å²) in [5, 5.41) is 23.2. The zero-order chi connectivity index (χ0) is 58.8. The molecule has 438 valence electrons. The molecule has 2 bridgehead atoms. The molecule has 5 heterocycles. The van der Waals surface area contributed by atoms with E-state index in [4.69, 9.17) is 9.72 Å². The number of aromatic nitrogens is 3. The van der Waals surface area contributed by atoms with Crippen molar-refractivity contribution >= 4 is 29.8 Å². The molecule has 1 saturated carbocycles. The lowest BCUT2D eigenvalue weighted by Crippen LogP contribution is -2.63. The lowest BCUT2D eigenvalue weighted by Gasteiger charge is -2.47. The Kier molecular flexibility index (Phi) is 17.9. The average Bonchev–Trinajstić information content (AvgIpc) is 4.31. The summed E-state index contributed by atoms with van der Waals surface area (Å²) >= 11 is 0. The number of hydrogen-bond donors (Lipinski definition) is 5. The molecule has 8 rings (SSSR count). The maximum absolute atomic E-state index is 16.2. The number of nitrogens with zero attached hydrogens (tertiary/aromatic N) is 6. The van der Waals surface area contributed by atoms with Crippen LogP contribution in [0.5, 0.6) is 0 Å². The van der Waals surface area contributed by atoms with Crippen LogP contribution in [0.15, 0.2) is 67.0 Å². The summed E-state index contributed by atoms with van der Waals surface area (Å²) in [6.45, 7) is 3.62. The van der Waals surface area contributed by atoms with Gasteiger partial charge < -0.3 is 40.2 Å². The Balaban J connectivity index is 1.07. The molecule has 1 aliphatic carbocycles. The van der Waals surface area contributed by atoms with Crippen molar-refractivity contribution in [2.24, 2.45) is 10.8 Å². The van der Waals surface area contributed by atoms with Gasteiger partial charge in [-0.25, -0.2) is 28.4 Å². The minimum atomic E-state index is -5.18. The van der Waals surface area contributed by atoms with Crippen LogP contribution in [0, 0.1) is 34.3 Å². The van der Waals surface area contributed by atoms with Gasteiger partial charge in [0.2, 0.25) is 5.91 Å². The number of rotatable bonds is 19. The number of nitrogens with one attached hydrogen (secondary N) is 4. The fraction of sp³-hybridized carbons (Fsp3) is 0.527. The SMILES string of the molecule is COC(=O)N[C@H](C(=O)N[C@@H](Cc1ccc(C#Cc2ccc(N3CC4CCC(C3)N4C3COC3)nc2)cc1)[C@@H](O)CN(Cc1c(F)cc(-c2ccn(C3CC3)n2)cc1F)NC(=O)[C@@H](NC(=O)OC)C(C)(C)C(F)(F)F)C(C)(C)C(F)(F)F. The molecule has 2 unspecified atom stereocenters. The molecule has 18 nitrogen and oxygen atoms in total. The number of hydrogen-bond acceptors (Lipinski definition) is 13. The number of carbonyl (C=O) groups excluding carboxylic acids is 4. The molecule has 4 aliphatic rings. The minimum Gasteiger partial charge on any atom is -0.453 e. The normalized spacial score (nSPS) is 19.3. The molecule has 3 saturated heterocycles. The van der Waals surface area contributed by atoms with E-state index in [1.165, 1.54) is 18.2 Å². The predicted octanol–water partition coefficient (Wildman–Crippen LogP) is 6.56. The number of alkyl halides is 6. The summed E-state index contributed by atoms with van der Waals surface area (Å²) in [4.78, 5) is 62.6. The number of amides is 4. The van der Waals surface area contributed by atoms with Crippen molar-refractivity contribution in [3.8, 4) is 23.1 Å². The van der Waals surface area contributed by atoms with Crippen LogP contribution in [-0.2, 0) is 36.8 Å². The molecule has 3 aliphatic heterocycles. The van der Waals surface area contributed by atoms with Gasteiger partial charge in [-0.05, 0) is 108 Å². The van der Waals surface area contributed by atoms with Crippen LogP contribution in [0.25, 0.3) is 11.3 Å². The first-order valence-electron chi connectivity index (χ1n) is 26.2. The maximum atomic E-state index is 16.2. The van der Waals surface area contributed by atoms with E-state index in [1.807, 2.05) is 22.8 Å². The molecule has 4 aromatic rings. The highest BCUT2D eigenvalue weighted by Gasteiger charge is 2.57. The standard InChI is InChI=1S/C55H64F8N10O8/c1-52(2,54(58,59)60)46(66-50(77)79-5)48(75)65-43(21-32-10-7-31(8-11-32)9-12-33-13-18-45(64-24-33)70-25-36-16-17-37(26-70)73(36)38-29-81-30-38)44(74)28-71(69-49(76)47(67-51(78)80-6)53(3,4)55(61,62)63)27-39-40(56)22-34(23-41(39)57)42-19-20-72(68-42)35-14-15-35/h7-8,10-11,13,18-20,22-24,35-38,43-44,46-47,74H,14-17,21,25-30H2,1-6H3,(H,65,75)(H,66,77)(H,67,78)(H,69,76)/t36?,37?,43-,44-,46+,47+/m0/s1. The minimum absolute atomic E-state index is 0.00682. The highest BCUT2D eigenvalue weighted by molar-refractivity contribution is 5.87. The molecule has 2 aromatic heterocycles. The Labute approximate surface area is 462 Å². The van der Waals surface area contributed by atoms with Crippen molar-refractivity contribution < 1.29 is 73.6 Å². The fourth-order valence-electron chi connectivity index (χ4n) is 10.1. The number of carbonyl (C=O) groups is 4. The highest BCUT2D eigenvalue weighted by atomic mass is 19.4. The molecule has 81 heavy (non-hydrogen) atoms. The topological polar surface area (TPSA) is 205 Å². The predicted molar refractivity (Wildman–Crippen MR) is 277 cm³/mol. The largest absolute Gasteiger partial charge is 0.453 e. The van der Waals surface area contributed by atoms with E-state index in [-0.39, 0.29) is 17.3 Å². The molecule has 5 N–H and O–H groups in total. The fourth-order valence-corrected chi connectivity index (χ4v) is 10.1. The number of alkyl carbamates (subject to hydrolysis) is 2. The first-order chi connectivity index (χ1) is 38.2. The second-order valence-electron chi connectivity index (χ2n) is 21.9. The first-order valence-corrected chi connectivity index (χ1v) is 26.2. The number of anilines is 1. The number of hydrazine groups is 1. The Morgan fingerprint density at radius 1 is 0.753 bits per heavy atom. The Morgan fingerprint density at radius 2 is 1.30 bits per heavy atom. The van der Waals surface area contributed by atoms with Crippen LogP contribution >= 0.6 is 0 Å². The van der Waals surface area contributed by atoms with E-state index < -0.39 is 108 Å².